The van der Waals surface area contributed by atoms with E-state index in [0.29, 0.717) is 17.7 Å². The van der Waals surface area contributed by atoms with Gasteiger partial charge >= 0.3 is 0 Å². The summed E-state index contributed by atoms with van der Waals surface area (Å²) in [6.07, 6.45) is 0. The maximum absolute atomic E-state index is 12.1. The largest absolute Gasteiger partial charge is 0.351 e. The predicted octanol–water partition coefficient (Wildman–Crippen LogP) is 0.880. The molecule has 1 amide bonds. The molecule has 7 heteroatoms. The number of hydrogen-bond acceptors (Lipinski definition) is 5. The van der Waals surface area contributed by atoms with E-state index in [4.69, 9.17) is 0 Å². The van der Waals surface area contributed by atoms with Crippen molar-refractivity contribution in [3.8, 4) is 0 Å². The number of nitrogens with zero attached hydrogens (tertiary/aromatic N) is 3. The Labute approximate surface area is 130 Å². The summed E-state index contributed by atoms with van der Waals surface area (Å²) >= 11 is 0. The van der Waals surface area contributed by atoms with Gasteiger partial charge in [-0.2, -0.15) is 0 Å². The van der Waals surface area contributed by atoms with Crippen molar-refractivity contribution in [2.45, 2.75) is 6.92 Å². The van der Waals surface area contributed by atoms with Gasteiger partial charge in [0.1, 0.15) is 0 Å². The van der Waals surface area contributed by atoms with Crippen LogP contribution in [-0.2, 0) is 0 Å². The fourth-order valence-electron chi connectivity index (χ4n) is 2.45. The van der Waals surface area contributed by atoms with Gasteiger partial charge in [-0.15, -0.1) is 0 Å². The van der Waals surface area contributed by atoms with E-state index in [1.54, 1.807) is 19.1 Å². The van der Waals surface area contributed by atoms with Crippen LogP contribution in [0.4, 0.5) is 5.69 Å². The summed E-state index contributed by atoms with van der Waals surface area (Å²) in [6.45, 7) is 7.09. The molecule has 0 unspecified atom stereocenters. The fraction of sp³-hybridized carbons (Fsp3) is 0.533. The Morgan fingerprint density at radius 2 is 2.00 bits per heavy atom. The van der Waals surface area contributed by atoms with Crippen LogP contribution >= 0.6 is 0 Å². The minimum atomic E-state index is -0.462. The van der Waals surface area contributed by atoms with Gasteiger partial charge in [0.25, 0.3) is 11.6 Å². The molecule has 1 heterocycles. The monoisotopic (exact) mass is 306 g/mol. The zero-order chi connectivity index (χ0) is 16.1. The number of carbonyl (C=O) groups is 1. The first-order valence-corrected chi connectivity index (χ1v) is 7.41. The highest BCUT2D eigenvalue weighted by atomic mass is 16.6. The number of likely N-dealkylation sites (N-methyl/N-ethyl adjacent to an activating group) is 1. The molecular weight excluding hydrogens is 284 g/mol. The lowest BCUT2D eigenvalue weighted by atomic mass is 10.1. The van der Waals surface area contributed by atoms with Crippen molar-refractivity contribution in [3.05, 3.63) is 39.4 Å². The number of piperazine rings is 1. The van der Waals surface area contributed by atoms with Crippen LogP contribution in [0.3, 0.4) is 0 Å². The summed E-state index contributed by atoms with van der Waals surface area (Å²) < 4.78 is 0. The summed E-state index contributed by atoms with van der Waals surface area (Å²) in [6, 6.07) is 4.56. The van der Waals surface area contributed by atoms with Crippen molar-refractivity contribution in [1.29, 1.82) is 0 Å². The minimum absolute atomic E-state index is 0.0216. The Balaban J connectivity index is 1.85. The van der Waals surface area contributed by atoms with E-state index in [1.807, 2.05) is 0 Å². The molecule has 0 radical (unpaired) electrons. The van der Waals surface area contributed by atoms with Gasteiger partial charge in [0, 0.05) is 56.5 Å². The summed E-state index contributed by atoms with van der Waals surface area (Å²) in [5.74, 6) is -0.266. The molecule has 0 bridgehead atoms. The van der Waals surface area contributed by atoms with Crippen LogP contribution in [-0.4, -0.2) is 66.9 Å². The molecule has 0 atom stereocenters. The van der Waals surface area contributed by atoms with Crippen LogP contribution in [0.15, 0.2) is 18.2 Å². The van der Waals surface area contributed by atoms with Gasteiger partial charge in [0.05, 0.1) is 4.92 Å². The lowest BCUT2D eigenvalue weighted by Crippen LogP contribution is -2.46. The summed E-state index contributed by atoms with van der Waals surface area (Å²) in [4.78, 5) is 27.1. The lowest BCUT2D eigenvalue weighted by molar-refractivity contribution is -0.385. The average molecular weight is 306 g/mol. The maximum Gasteiger partial charge on any atom is 0.273 e. The van der Waals surface area contributed by atoms with Crippen molar-refractivity contribution in [2.75, 3.05) is 46.3 Å². The Morgan fingerprint density at radius 1 is 1.32 bits per heavy atom. The molecule has 0 spiro atoms. The molecule has 120 valence electrons. The molecular formula is C15H22N4O3. The van der Waals surface area contributed by atoms with E-state index >= 15 is 0 Å². The highest BCUT2D eigenvalue weighted by Crippen LogP contribution is 2.19. The first-order chi connectivity index (χ1) is 10.5. The Bertz CT molecular complexity index is 554. The zero-order valence-corrected chi connectivity index (χ0v) is 13.0. The van der Waals surface area contributed by atoms with Crippen molar-refractivity contribution >= 4 is 11.6 Å². The van der Waals surface area contributed by atoms with Crippen LogP contribution in [0.2, 0.25) is 0 Å². The van der Waals surface area contributed by atoms with Gasteiger partial charge in [-0.05, 0) is 20.0 Å². The van der Waals surface area contributed by atoms with Crippen LogP contribution in [0.25, 0.3) is 0 Å². The lowest BCUT2D eigenvalue weighted by Gasteiger charge is -2.32. The van der Waals surface area contributed by atoms with E-state index in [9.17, 15) is 14.9 Å². The molecule has 1 aliphatic rings. The summed E-state index contributed by atoms with van der Waals surface area (Å²) in [5.41, 5.74) is 0.862. The smallest absolute Gasteiger partial charge is 0.273 e. The third kappa shape index (κ3) is 4.25. The van der Waals surface area contributed by atoms with Gasteiger partial charge in [0.15, 0.2) is 0 Å². The van der Waals surface area contributed by atoms with Crippen molar-refractivity contribution in [1.82, 2.24) is 15.1 Å². The molecule has 1 aliphatic heterocycles. The molecule has 1 aromatic rings. The highest BCUT2D eigenvalue weighted by molar-refractivity contribution is 5.94. The third-order valence-electron chi connectivity index (χ3n) is 3.98. The fourth-order valence-corrected chi connectivity index (χ4v) is 2.45. The Hall–Kier alpha value is -1.99. The molecule has 1 fully saturated rings. The standard InChI is InChI=1S/C15H22N4O3/c1-12-3-4-13(11-14(12)19(21)22)15(20)16-5-6-18-9-7-17(2)8-10-18/h3-4,11H,5-10H2,1-2H3,(H,16,20). The van der Waals surface area contributed by atoms with Gasteiger partial charge in [-0.25, -0.2) is 0 Å². The molecule has 7 nitrogen and oxygen atoms in total. The minimum Gasteiger partial charge on any atom is -0.351 e. The number of benzene rings is 1. The molecule has 0 aliphatic carbocycles. The van der Waals surface area contributed by atoms with Crippen molar-refractivity contribution in [2.24, 2.45) is 0 Å². The average Bonchev–Trinajstić information content (AvgIpc) is 2.49. The number of carbonyl (C=O) groups excluding carboxylic acids is 1. The van der Waals surface area contributed by atoms with Crippen LogP contribution in [0.5, 0.6) is 0 Å². The first-order valence-electron chi connectivity index (χ1n) is 7.41. The second kappa shape index (κ2) is 7.33. The van der Waals surface area contributed by atoms with E-state index < -0.39 is 4.92 Å². The molecule has 0 saturated carbocycles. The Morgan fingerprint density at radius 3 is 2.64 bits per heavy atom. The number of amides is 1. The number of nitrogens with one attached hydrogen (secondary N) is 1. The van der Waals surface area contributed by atoms with E-state index in [1.165, 1.54) is 6.07 Å². The van der Waals surface area contributed by atoms with Gasteiger partial charge in [0.2, 0.25) is 0 Å². The number of nitro groups is 1. The quantitative estimate of drug-likeness (QED) is 0.645. The maximum atomic E-state index is 12.1. The molecule has 1 N–H and O–H groups in total. The number of hydrogen-bond donors (Lipinski definition) is 1. The van der Waals surface area contributed by atoms with Gasteiger partial charge < -0.3 is 10.2 Å². The first kappa shape index (κ1) is 16.4. The zero-order valence-electron chi connectivity index (χ0n) is 13.0. The van der Waals surface area contributed by atoms with E-state index in [-0.39, 0.29) is 11.6 Å². The molecule has 1 aromatic carbocycles. The predicted molar refractivity (Wildman–Crippen MR) is 84.1 cm³/mol. The van der Waals surface area contributed by atoms with E-state index in [0.717, 1.165) is 32.7 Å². The number of aryl methyl sites for hydroxylation is 1. The van der Waals surface area contributed by atoms with Crippen LogP contribution < -0.4 is 5.32 Å². The van der Waals surface area contributed by atoms with E-state index in [2.05, 4.69) is 22.2 Å². The molecule has 1 saturated heterocycles. The SMILES string of the molecule is Cc1ccc(C(=O)NCCN2CCN(C)CC2)cc1[N+](=O)[O-]. The molecule has 2 rings (SSSR count). The number of rotatable bonds is 5. The second-order valence-corrected chi connectivity index (χ2v) is 5.66. The normalized spacial score (nSPS) is 16.5. The van der Waals surface area contributed by atoms with Crippen molar-refractivity contribution in [3.63, 3.8) is 0 Å². The second-order valence-electron chi connectivity index (χ2n) is 5.66. The van der Waals surface area contributed by atoms with Crippen LogP contribution in [0, 0.1) is 17.0 Å². The van der Waals surface area contributed by atoms with Crippen molar-refractivity contribution < 1.29 is 9.72 Å². The van der Waals surface area contributed by atoms with Gasteiger partial charge in [-0.3, -0.25) is 19.8 Å². The van der Waals surface area contributed by atoms with Gasteiger partial charge in [-0.1, -0.05) is 6.07 Å². The highest BCUT2D eigenvalue weighted by Gasteiger charge is 2.16. The van der Waals surface area contributed by atoms with Crippen LogP contribution in [0.1, 0.15) is 15.9 Å². The number of nitro benzene ring substituents is 1. The summed E-state index contributed by atoms with van der Waals surface area (Å²) in [7, 11) is 2.10. The topological polar surface area (TPSA) is 78.7 Å². The molecule has 0 aromatic heterocycles. The summed E-state index contributed by atoms with van der Waals surface area (Å²) in [5, 5.41) is 13.7. The molecule has 22 heavy (non-hydrogen) atoms. The Kier molecular flexibility index (Phi) is 5.46. The third-order valence-corrected chi connectivity index (χ3v) is 3.98.